The number of carbonyl (C=O) groups excluding carboxylic acids is 3. The van der Waals surface area contributed by atoms with E-state index in [1.807, 2.05) is 20.8 Å². The van der Waals surface area contributed by atoms with Gasteiger partial charge >= 0.3 is 5.97 Å². The van der Waals surface area contributed by atoms with Gasteiger partial charge in [-0.1, -0.05) is 27.4 Å². The van der Waals surface area contributed by atoms with Crippen molar-refractivity contribution in [2.45, 2.75) is 71.7 Å². The molecule has 154 valence electrons. The summed E-state index contributed by atoms with van der Waals surface area (Å²) in [6.45, 7) is 10.9. The first-order valence-corrected chi connectivity index (χ1v) is 10.2. The number of allylic oxidation sites excluding steroid dienone is 1. The summed E-state index contributed by atoms with van der Waals surface area (Å²) in [7, 11) is 0. The Morgan fingerprint density at radius 2 is 1.79 bits per heavy atom. The number of carbonyl (C=O) groups is 3. The van der Waals surface area contributed by atoms with Crippen molar-refractivity contribution in [2.24, 2.45) is 34.0 Å². The van der Waals surface area contributed by atoms with Gasteiger partial charge in [-0.05, 0) is 24.3 Å². The third kappa shape index (κ3) is 2.19. The Kier molecular flexibility index (Phi) is 4.07. The number of fused-ring (bicyclic) bond motifs is 3. The molecule has 0 aliphatic heterocycles. The molecule has 0 aromatic heterocycles. The van der Waals surface area contributed by atoms with Crippen LogP contribution in [-0.4, -0.2) is 46.1 Å². The first kappa shape index (κ1) is 19.8. The molecule has 2 bridgehead atoms. The van der Waals surface area contributed by atoms with Crippen LogP contribution in [-0.2, 0) is 19.1 Å². The molecule has 6 heteroatoms. The van der Waals surface area contributed by atoms with Crippen molar-refractivity contribution in [1.82, 2.24) is 0 Å². The first-order chi connectivity index (χ1) is 12.9. The predicted octanol–water partition coefficient (Wildman–Crippen LogP) is 1.82. The van der Waals surface area contributed by atoms with Crippen LogP contribution >= 0.6 is 0 Å². The molecule has 4 aliphatic rings. The summed E-state index contributed by atoms with van der Waals surface area (Å²) in [5, 5.41) is 21.8. The van der Waals surface area contributed by atoms with Gasteiger partial charge in [0.05, 0.1) is 12.2 Å². The van der Waals surface area contributed by atoms with Crippen LogP contribution in [0.4, 0.5) is 0 Å². The quantitative estimate of drug-likeness (QED) is 0.523. The van der Waals surface area contributed by atoms with Crippen LogP contribution in [0, 0.1) is 34.0 Å². The number of esters is 1. The van der Waals surface area contributed by atoms with Gasteiger partial charge in [-0.3, -0.25) is 14.4 Å². The van der Waals surface area contributed by atoms with Crippen LogP contribution in [0.3, 0.4) is 0 Å². The lowest BCUT2D eigenvalue weighted by molar-refractivity contribution is -0.240. The molecule has 4 fully saturated rings. The molecule has 28 heavy (non-hydrogen) atoms. The van der Waals surface area contributed by atoms with Crippen LogP contribution in [0.5, 0.6) is 0 Å². The standard InChI is InChI=1S/C22H30O6/c1-10-12-6-14(28-11(2)23)18-21(5)16(26)7-15(25)20(3,4)17(21)13(24)9-22(18,8-12)19(10)27/h12,14-18,25-26H,1,6-9H2,2-5H3/t12-,14+,15+,16+,17-,18+,21-,22+/m1/s1. The van der Waals surface area contributed by atoms with E-state index < -0.39 is 52.4 Å². The summed E-state index contributed by atoms with van der Waals surface area (Å²) < 4.78 is 5.71. The summed E-state index contributed by atoms with van der Waals surface area (Å²) in [5.41, 5.74) is -2.17. The number of hydrogen-bond donors (Lipinski definition) is 2. The predicted molar refractivity (Wildman–Crippen MR) is 100.0 cm³/mol. The van der Waals surface area contributed by atoms with E-state index in [0.717, 1.165) is 0 Å². The summed E-state index contributed by atoms with van der Waals surface area (Å²) in [6.07, 6.45) is -1.14. The minimum absolute atomic E-state index is 0.0624. The number of aliphatic hydroxyl groups is 2. The Bertz CT molecular complexity index is 784. The van der Waals surface area contributed by atoms with Crippen molar-refractivity contribution in [3.8, 4) is 0 Å². The lowest BCUT2D eigenvalue weighted by atomic mass is 9.39. The zero-order chi connectivity index (χ0) is 20.8. The fraction of sp³-hybridized carbons (Fsp3) is 0.773. The van der Waals surface area contributed by atoms with Gasteiger partial charge in [0.25, 0.3) is 0 Å². The van der Waals surface area contributed by atoms with Crippen molar-refractivity contribution in [2.75, 3.05) is 0 Å². The van der Waals surface area contributed by atoms with Gasteiger partial charge in [-0.2, -0.15) is 0 Å². The van der Waals surface area contributed by atoms with E-state index in [0.29, 0.717) is 18.4 Å². The summed E-state index contributed by atoms with van der Waals surface area (Å²) in [5.74, 6) is -1.82. The summed E-state index contributed by atoms with van der Waals surface area (Å²) in [4.78, 5) is 38.7. The van der Waals surface area contributed by atoms with E-state index in [4.69, 9.17) is 4.74 Å². The Morgan fingerprint density at radius 3 is 2.39 bits per heavy atom. The maximum Gasteiger partial charge on any atom is 0.302 e. The van der Waals surface area contributed by atoms with E-state index in [9.17, 15) is 24.6 Å². The molecule has 0 radical (unpaired) electrons. The molecule has 8 atom stereocenters. The molecule has 4 aliphatic carbocycles. The fourth-order valence-electron chi connectivity index (χ4n) is 7.53. The van der Waals surface area contributed by atoms with Crippen molar-refractivity contribution in [1.29, 1.82) is 0 Å². The van der Waals surface area contributed by atoms with Crippen molar-refractivity contribution < 1.29 is 29.3 Å². The lowest BCUT2D eigenvalue weighted by Crippen LogP contribution is -2.71. The van der Waals surface area contributed by atoms with Gasteiger partial charge in [0.2, 0.25) is 0 Å². The number of Topliss-reactive ketones (excluding diaryl/α,β-unsaturated/α-hetero) is 2. The van der Waals surface area contributed by atoms with Crippen LogP contribution in [0.25, 0.3) is 0 Å². The van der Waals surface area contributed by atoms with Gasteiger partial charge in [0.15, 0.2) is 5.78 Å². The van der Waals surface area contributed by atoms with Crippen LogP contribution < -0.4 is 0 Å². The molecule has 0 heterocycles. The summed E-state index contributed by atoms with van der Waals surface area (Å²) in [6, 6.07) is 0. The molecule has 6 nitrogen and oxygen atoms in total. The van der Waals surface area contributed by atoms with E-state index >= 15 is 0 Å². The third-order valence-corrected chi connectivity index (χ3v) is 8.52. The molecule has 0 aromatic carbocycles. The van der Waals surface area contributed by atoms with Gasteiger partial charge in [0.1, 0.15) is 11.9 Å². The maximum absolute atomic E-state index is 13.4. The zero-order valence-electron chi connectivity index (χ0n) is 17.0. The molecule has 0 unspecified atom stereocenters. The molecule has 2 N–H and O–H groups in total. The normalized spacial score (nSPS) is 49.4. The Labute approximate surface area is 165 Å². The van der Waals surface area contributed by atoms with Crippen LogP contribution in [0.1, 0.15) is 53.4 Å². The van der Waals surface area contributed by atoms with Crippen molar-refractivity contribution >= 4 is 17.5 Å². The lowest BCUT2D eigenvalue weighted by Gasteiger charge is -2.65. The molecule has 4 rings (SSSR count). The fourth-order valence-corrected chi connectivity index (χ4v) is 7.53. The number of aliphatic hydroxyl groups excluding tert-OH is 2. The first-order valence-electron chi connectivity index (χ1n) is 10.2. The molecular formula is C22H30O6. The average Bonchev–Trinajstić information content (AvgIpc) is 2.73. The Balaban J connectivity index is 1.93. The second-order valence-electron chi connectivity index (χ2n) is 10.3. The second kappa shape index (κ2) is 5.76. The monoisotopic (exact) mass is 390 g/mol. The molecule has 0 saturated heterocycles. The molecule has 0 amide bonds. The topological polar surface area (TPSA) is 101 Å². The van der Waals surface area contributed by atoms with E-state index in [1.54, 1.807) is 0 Å². The third-order valence-electron chi connectivity index (χ3n) is 8.52. The van der Waals surface area contributed by atoms with Gasteiger partial charge < -0.3 is 14.9 Å². The highest BCUT2D eigenvalue weighted by atomic mass is 16.5. The SMILES string of the molecule is C=C1C(=O)[C@@]23CC(=O)[C@@H]4C(C)(C)[C@@H](O)C[C@H](O)[C@@]4(C)[C@@H]2[C@@H](OC(C)=O)C[C@@H]1C3. The molecule has 0 aromatic rings. The molecule has 1 spiro atoms. The highest BCUT2D eigenvalue weighted by Crippen LogP contribution is 2.70. The Hall–Kier alpha value is -1.53. The smallest absolute Gasteiger partial charge is 0.302 e. The van der Waals surface area contributed by atoms with E-state index in [1.165, 1.54) is 6.92 Å². The van der Waals surface area contributed by atoms with Gasteiger partial charge in [-0.15, -0.1) is 0 Å². The molecular weight excluding hydrogens is 360 g/mol. The van der Waals surface area contributed by atoms with Crippen molar-refractivity contribution in [3.05, 3.63) is 12.2 Å². The summed E-state index contributed by atoms with van der Waals surface area (Å²) >= 11 is 0. The highest BCUT2D eigenvalue weighted by Gasteiger charge is 2.74. The van der Waals surface area contributed by atoms with Crippen molar-refractivity contribution in [3.63, 3.8) is 0 Å². The molecule has 4 saturated carbocycles. The largest absolute Gasteiger partial charge is 0.462 e. The number of hydrogen-bond acceptors (Lipinski definition) is 6. The second-order valence-corrected chi connectivity index (χ2v) is 10.3. The van der Waals surface area contributed by atoms with E-state index in [-0.39, 0.29) is 30.3 Å². The van der Waals surface area contributed by atoms with E-state index in [2.05, 4.69) is 6.58 Å². The zero-order valence-corrected chi connectivity index (χ0v) is 17.0. The van der Waals surface area contributed by atoms with Crippen LogP contribution in [0.15, 0.2) is 12.2 Å². The minimum Gasteiger partial charge on any atom is -0.462 e. The minimum atomic E-state index is -0.970. The van der Waals surface area contributed by atoms with Crippen LogP contribution in [0.2, 0.25) is 0 Å². The number of ether oxygens (including phenoxy) is 1. The maximum atomic E-state index is 13.4. The highest BCUT2D eigenvalue weighted by molar-refractivity contribution is 6.06. The Morgan fingerprint density at radius 1 is 1.14 bits per heavy atom. The van der Waals surface area contributed by atoms with Gasteiger partial charge in [0, 0.05) is 47.8 Å². The number of rotatable bonds is 1. The van der Waals surface area contributed by atoms with Gasteiger partial charge in [-0.25, -0.2) is 0 Å². The number of ketones is 2. The average molecular weight is 390 g/mol.